The zero-order valence-corrected chi connectivity index (χ0v) is 15.0. The van der Waals surface area contributed by atoms with Crippen molar-refractivity contribution in [3.63, 3.8) is 0 Å². The van der Waals surface area contributed by atoms with Crippen LogP contribution in [0.25, 0.3) is 0 Å². The second-order valence-electron chi connectivity index (χ2n) is 5.01. The molecule has 0 spiro atoms. The van der Waals surface area contributed by atoms with Crippen LogP contribution in [0.2, 0.25) is 0 Å². The third-order valence-electron chi connectivity index (χ3n) is 2.71. The van der Waals surface area contributed by atoms with Gasteiger partial charge in [-0.1, -0.05) is 30.3 Å². The Morgan fingerprint density at radius 1 is 1.00 bits per heavy atom. The minimum absolute atomic E-state index is 0.0411. The molecule has 1 aromatic carbocycles. The zero-order valence-electron chi connectivity index (χ0n) is 13.4. The molecule has 1 rings (SSSR count). The maximum absolute atomic E-state index is 12.0. The topological polar surface area (TPSA) is 113 Å². The first-order valence-electron chi connectivity index (χ1n) is 7.00. The van der Waals surface area contributed by atoms with E-state index < -0.39 is 38.9 Å². The van der Waals surface area contributed by atoms with Gasteiger partial charge < -0.3 is 4.74 Å². The van der Waals surface area contributed by atoms with Crippen LogP contribution in [0.4, 0.5) is 0 Å². The summed E-state index contributed by atoms with van der Waals surface area (Å²) in [6.45, 7) is -0.355. The quantitative estimate of drug-likeness (QED) is 0.425. The maximum Gasteiger partial charge on any atom is 0.336 e. The van der Waals surface area contributed by atoms with Crippen LogP contribution in [0.1, 0.15) is 12.0 Å². The number of hydrogen-bond acceptors (Lipinski definition) is 8. The largest absolute Gasteiger partial charge is 0.463 e. The van der Waals surface area contributed by atoms with Gasteiger partial charge >= 0.3 is 5.97 Å². The van der Waals surface area contributed by atoms with Crippen molar-refractivity contribution in [1.82, 2.24) is 0 Å². The van der Waals surface area contributed by atoms with Crippen LogP contribution in [-0.4, -0.2) is 54.6 Å². The van der Waals surface area contributed by atoms with Crippen molar-refractivity contribution < 1.29 is 34.7 Å². The highest BCUT2D eigenvalue weighted by atomic mass is 32.2. The van der Waals surface area contributed by atoms with Gasteiger partial charge in [-0.05, 0) is 5.56 Å². The molecule has 0 fully saturated rings. The number of benzene rings is 1. The standard InChI is InChI=1S/C14H20O8S2/c1-23(16,17)21-11-9-13(22-24(2,18)19)14(15)20-10-8-12-6-4-3-5-7-12/h3-7,13H,8-11H2,1-2H3. The van der Waals surface area contributed by atoms with E-state index in [-0.39, 0.29) is 13.0 Å². The van der Waals surface area contributed by atoms with Gasteiger partial charge in [0.05, 0.1) is 25.7 Å². The Balaban J connectivity index is 2.55. The molecule has 0 aliphatic heterocycles. The highest BCUT2D eigenvalue weighted by molar-refractivity contribution is 7.86. The summed E-state index contributed by atoms with van der Waals surface area (Å²) in [4.78, 5) is 12.0. The van der Waals surface area contributed by atoms with Crippen molar-refractivity contribution in [1.29, 1.82) is 0 Å². The van der Waals surface area contributed by atoms with E-state index in [4.69, 9.17) is 4.74 Å². The SMILES string of the molecule is CS(=O)(=O)OCCC(OS(C)(=O)=O)C(=O)OCCc1ccccc1. The van der Waals surface area contributed by atoms with Gasteiger partial charge in [0.25, 0.3) is 20.2 Å². The molecule has 0 amide bonds. The van der Waals surface area contributed by atoms with Crippen molar-refractivity contribution in [2.75, 3.05) is 25.7 Å². The molecule has 136 valence electrons. The van der Waals surface area contributed by atoms with Gasteiger partial charge in [0.2, 0.25) is 0 Å². The summed E-state index contributed by atoms with van der Waals surface area (Å²) in [5.41, 5.74) is 0.950. The van der Waals surface area contributed by atoms with Crippen molar-refractivity contribution in [2.45, 2.75) is 18.9 Å². The van der Waals surface area contributed by atoms with Gasteiger partial charge in [0.1, 0.15) is 0 Å². The third kappa shape index (κ3) is 9.60. The van der Waals surface area contributed by atoms with E-state index in [1.807, 2.05) is 30.3 Å². The van der Waals surface area contributed by atoms with Gasteiger partial charge in [0.15, 0.2) is 6.10 Å². The molecule has 1 atom stereocenters. The lowest BCUT2D eigenvalue weighted by Crippen LogP contribution is -2.31. The summed E-state index contributed by atoms with van der Waals surface area (Å²) in [6, 6.07) is 9.26. The molecular weight excluding hydrogens is 360 g/mol. The summed E-state index contributed by atoms with van der Waals surface area (Å²) >= 11 is 0. The lowest BCUT2D eigenvalue weighted by molar-refractivity contribution is -0.152. The Hall–Kier alpha value is -1.49. The summed E-state index contributed by atoms with van der Waals surface area (Å²) in [6.07, 6.45) is 0.353. The van der Waals surface area contributed by atoms with Crippen LogP contribution in [0.3, 0.4) is 0 Å². The minimum Gasteiger partial charge on any atom is -0.463 e. The van der Waals surface area contributed by atoms with Crippen LogP contribution in [-0.2, 0) is 44.6 Å². The van der Waals surface area contributed by atoms with Crippen LogP contribution < -0.4 is 0 Å². The molecule has 0 saturated carbocycles. The second-order valence-corrected chi connectivity index (χ2v) is 8.25. The molecule has 8 nitrogen and oxygen atoms in total. The first-order valence-corrected chi connectivity index (χ1v) is 10.6. The molecule has 0 radical (unpaired) electrons. The monoisotopic (exact) mass is 380 g/mol. The molecule has 0 bridgehead atoms. The highest BCUT2D eigenvalue weighted by Gasteiger charge is 2.26. The Kier molecular flexibility index (Phi) is 7.80. The van der Waals surface area contributed by atoms with E-state index in [0.29, 0.717) is 6.42 Å². The second kappa shape index (κ2) is 9.11. The summed E-state index contributed by atoms with van der Waals surface area (Å²) in [5, 5.41) is 0. The lowest BCUT2D eigenvalue weighted by Gasteiger charge is -2.15. The normalized spacial score (nSPS) is 13.4. The Morgan fingerprint density at radius 3 is 2.17 bits per heavy atom. The average Bonchev–Trinajstić information content (AvgIpc) is 2.44. The number of hydrogen-bond donors (Lipinski definition) is 0. The molecule has 0 N–H and O–H groups in total. The number of esters is 1. The molecule has 0 aromatic heterocycles. The molecule has 0 aliphatic carbocycles. The molecule has 0 saturated heterocycles. The van der Waals surface area contributed by atoms with Gasteiger partial charge in [-0.2, -0.15) is 16.8 Å². The van der Waals surface area contributed by atoms with Crippen LogP contribution >= 0.6 is 0 Å². The highest BCUT2D eigenvalue weighted by Crippen LogP contribution is 2.08. The van der Waals surface area contributed by atoms with Crippen LogP contribution in [0, 0.1) is 0 Å². The first kappa shape index (κ1) is 20.6. The Morgan fingerprint density at radius 2 is 1.62 bits per heavy atom. The predicted molar refractivity (Wildman–Crippen MR) is 86.2 cm³/mol. The first-order chi connectivity index (χ1) is 11.1. The number of carbonyl (C=O) groups excluding carboxylic acids is 1. The van der Waals surface area contributed by atoms with Crippen molar-refractivity contribution >= 4 is 26.2 Å². The molecule has 1 aromatic rings. The molecule has 0 aliphatic rings. The number of rotatable bonds is 10. The van der Waals surface area contributed by atoms with E-state index >= 15 is 0 Å². The van der Waals surface area contributed by atoms with E-state index in [2.05, 4.69) is 8.37 Å². The minimum atomic E-state index is -3.92. The van der Waals surface area contributed by atoms with Crippen molar-refractivity contribution in [2.24, 2.45) is 0 Å². The molecule has 0 heterocycles. The maximum atomic E-state index is 12.0. The van der Waals surface area contributed by atoms with Crippen LogP contribution in [0.5, 0.6) is 0 Å². The lowest BCUT2D eigenvalue weighted by atomic mass is 10.2. The molecular formula is C14H20O8S2. The summed E-state index contributed by atoms with van der Waals surface area (Å²) in [5.74, 6) is -0.895. The fraction of sp³-hybridized carbons (Fsp3) is 0.500. The van der Waals surface area contributed by atoms with E-state index in [0.717, 1.165) is 18.1 Å². The Labute approximate surface area is 142 Å². The van der Waals surface area contributed by atoms with Gasteiger partial charge in [-0.25, -0.2) is 4.79 Å². The Bertz CT molecular complexity index is 725. The van der Waals surface area contributed by atoms with Crippen LogP contribution in [0.15, 0.2) is 30.3 Å². The molecule has 24 heavy (non-hydrogen) atoms. The van der Waals surface area contributed by atoms with Crippen molar-refractivity contribution in [3.05, 3.63) is 35.9 Å². The van der Waals surface area contributed by atoms with E-state index in [1.165, 1.54) is 0 Å². The fourth-order valence-corrected chi connectivity index (χ4v) is 2.73. The zero-order chi connectivity index (χ0) is 18.2. The number of ether oxygens (including phenoxy) is 1. The van der Waals surface area contributed by atoms with E-state index in [9.17, 15) is 21.6 Å². The van der Waals surface area contributed by atoms with Gasteiger partial charge in [-0.3, -0.25) is 8.37 Å². The third-order valence-corrected chi connectivity index (χ3v) is 3.89. The molecule has 1 unspecified atom stereocenters. The van der Waals surface area contributed by atoms with Gasteiger partial charge in [0, 0.05) is 12.8 Å². The number of carbonyl (C=O) groups is 1. The smallest absolute Gasteiger partial charge is 0.336 e. The fourth-order valence-electron chi connectivity index (χ4n) is 1.73. The summed E-state index contributed by atoms with van der Waals surface area (Å²) in [7, 11) is -7.62. The average molecular weight is 380 g/mol. The molecule has 10 heteroatoms. The van der Waals surface area contributed by atoms with E-state index in [1.54, 1.807) is 0 Å². The van der Waals surface area contributed by atoms with Gasteiger partial charge in [-0.15, -0.1) is 0 Å². The predicted octanol–water partition coefficient (Wildman–Crippen LogP) is 0.483. The van der Waals surface area contributed by atoms with Crippen molar-refractivity contribution in [3.8, 4) is 0 Å². The summed E-state index contributed by atoms with van der Waals surface area (Å²) < 4.78 is 58.4.